The molecule has 0 aliphatic heterocycles. The summed E-state index contributed by atoms with van der Waals surface area (Å²) >= 11 is 0. The summed E-state index contributed by atoms with van der Waals surface area (Å²) in [6.45, 7) is 13.2. The highest BCUT2D eigenvalue weighted by molar-refractivity contribution is 7.86. The molecule has 4 unspecified atom stereocenters. The highest BCUT2D eigenvalue weighted by Crippen LogP contribution is 2.15. The van der Waals surface area contributed by atoms with E-state index < -0.39 is 22.2 Å². The second-order valence-corrected chi connectivity index (χ2v) is 9.01. The molecule has 176 valence electrons. The molecule has 8 nitrogen and oxygen atoms in total. The maximum atomic E-state index is 12.3. The zero-order chi connectivity index (χ0) is 23.4. The molecule has 0 bridgehead atoms. The van der Waals surface area contributed by atoms with Gasteiger partial charge >= 0.3 is 5.97 Å². The Morgan fingerprint density at radius 1 is 0.871 bits per heavy atom. The molecule has 1 aromatic carbocycles. The van der Waals surface area contributed by atoms with Gasteiger partial charge in [-0.25, -0.2) is 4.79 Å². The molecule has 0 amide bonds. The Kier molecular flexibility index (Phi) is 12.0. The number of ether oxygens (including phenoxy) is 4. The second-order valence-electron chi connectivity index (χ2n) is 7.44. The summed E-state index contributed by atoms with van der Waals surface area (Å²) in [4.78, 5) is 11.1. The van der Waals surface area contributed by atoms with Crippen molar-refractivity contribution in [2.45, 2.75) is 63.9 Å². The van der Waals surface area contributed by atoms with Gasteiger partial charge in [0.15, 0.2) is 0 Å². The molecule has 1 aromatic rings. The van der Waals surface area contributed by atoms with Crippen LogP contribution in [0.25, 0.3) is 0 Å². The van der Waals surface area contributed by atoms with Gasteiger partial charge in [0.2, 0.25) is 0 Å². The van der Waals surface area contributed by atoms with Crippen molar-refractivity contribution in [1.82, 2.24) is 0 Å². The lowest BCUT2D eigenvalue weighted by atomic mass is 10.2. The van der Waals surface area contributed by atoms with Crippen molar-refractivity contribution < 1.29 is 36.3 Å². The van der Waals surface area contributed by atoms with Crippen LogP contribution in [-0.4, -0.2) is 65.2 Å². The van der Waals surface area contributed by atoms with Crippen LogP contribution in [0.1, 0.15) is 33.3 Å². The van der Waals surface area contributed by atoms with E-state index in [-0.39, 0.29) is 36.4 Å². The van der Waals surface area contributed by atoms with E-state index in [1.54, 1.807) is 26.0 Å². The molecule has 0 N–H and O–H groups in total. The Morgan fingerprint density at radius 2 is 1.32 bits per heavy atom. The van der Waals surface area contributed by atoms with E-state index in [0.717, 1.165) is 11.6 Å². The van der Waals surface area contributed by atoms with Crippen molar-refractivity contribution in [2.24, 2.45) is 0 Å². The van der Waals surface area contributed by atoms with Crippen LogP contribution in [0.3, 0.4) is 0 Å². The number of carbonyl (C=O) groups excluding carboxylic acids is 1. The first-order valence-corrected chi connectivity index (χ1v) is 11.6. The fourth-order valence-corrected chi connectivity index (χ4v) is 3.38. The van der Waals surface area contributed by atoms with Gasteiger partial charge < -0.3 is 18.9 Å². The molecular formula is C22H34O8S. The smallest absolute Gasteiger partial charge is 0.330 e. The third-order valence-corrected chi connectivity index (χ3v) is 5.51. The number of benzene rings is 1. The topological polar surface area (TPSA) is 97.4 Å². The van der Waals surface area contributed by atoms with Gasteiger partial charge in [0.1, 0.15) is 6.61 Å². The molecule has 1 rings (SSSR count). The zero-order valence-corrected chi connectivity index (χ0v) is 19.7. The molecule has 31 heavy (non-hydrogen) atoms. The molecule has 0 aromatic heterocycles. The maximum absolute atomic E-state index is 12.3. The number of hydrogen-bond acceptors (Lipinski definition) is 8. The van der Waals surface area contributed by atoms with Gasteiger partial charge in [0.25, 0.3) is 10.1 Å². The Labute approximate surface area is 185 Å². The predicted octanol–water partition coefficient (Wildman–Crippen LogP) is 3.03. The lowest BCUT2D eigenvalue weighted by Crippen LogP contribution is -2.29. The standard InChI is InChI=1S/C22H34O8S/c1-7-22(23)29-14-19(5)27-12-17(3)26-13-18(4)28-15-20(6)30-31(24,25)21-10-8-16(2)9-11-21/h7-11,17-20H,1,12-15H2,2-6H3. The molecule has 0 saturated heterocycles. The summed E-state index contributed by atoms with van der Waals surface area (Å²) in [6.07, 6.45) is -0.268. The number of aryl methyl sites for hydroxylation is 1. The van der Waals surface area contributed by atoms with E-state index in [4.69, 9.17) is 23.1 Å². The second kappa shape index (κ2) is 13.6. The van der Waals surface area contributed by atoms with Crippen LogP contribution in [0.4, 0.5) is 0 Å². The van der Waals surface area contributed by atoms with E-state index >= 15 is 0 Å². The van der Waals surface area contributed by atoms with Crippen LogP contribution in [0, 0.1) is 6.92 Å². The highest BCUT2D eigenvalue weighted by Gasteiger charge is 2.20. The number of rotatable bonds is 15. The first-order valence-electron chi connectivity index (χ1n) is 10.2. The summed E-state index contributed by atoms with van der Waals surface area (Å²) in [6, 6.07) is 6.47. The lowest BCUT2D eigenvalue weighted by Gasteiger charge is -2.21. The quantitative estimate of drug-likeness (QED) is 0.225. The monoisotopic (exact) mass is 458 g/mol. The lowest BCUT2D eigenvalue weighted by molar-refractivity contribution is -0.142. The molecule has 0 spiro atoms. The first-order chi connectivity index (χ1) is 14.5. The molecule has 0 saturated carbocycles. The molecule has 0 aliphatic rings. The highest BCUT2D eigenvalue weighted by atomic mass is 32.2. The average molecular weight is 459 g/mol. The fourth-order valence-electron chi connectivity index (χ4n) is 2.31. The van der Waals surface area contributed by atoms with Crippen molar-refractivity contribution in [2.75, 3.05) is 26.4 Å². The average Bonchev–Trinajstić information content (AvgIpc) is 2.72. The minimum absolute atomic E-state index is 0.103. The van der Waals surface area contributed by atoms with E-state index in [9.17, 15) is 13.2 Å². The summed E-state index contributed by atoms with van der Waals surface area (Å²) < 4.78 is 51.6. The Morgan fingerprint density at radius 3 is 1.81 bits per heavy atom. The third kappa shape index (κ3) is 11.4. The Bertz CT molecular complexity index is 775. The summed E-state index contributed by atoms with van der Waals surface area (Å²) in [7, 11) is -3.84. The largest absolute Gasteiger partial charge is 0.460 e. The molecular weight excluding hydrogens is 424 g/mol. The zero-order valence-electron chi connectivity index (χ0n) is 18.9. The van der Waals surface area contributed by atoms with Crippen LogP contribution < -0.4 is 0 Å². The van der Waals surface area contributed by atoms with Gasteiger partial charge in [-0.1, -0.05) is 24.3 Å². The summed E-state index contributed by atoms with van der Waals surface area (Å²) in [5, 5.41) is 0. The molecule has 4 atom stereocenters. The van der Waals surface area contributed by atoms with Crippen molar-refractivity contribution in [3.8, 4) is 0 Å². The van der Waals surface area contributed by atoms with Crippen LogP contribution in [0.2, 0.25) is 0 Å². The van der Waals surface area contributed by atoms with E-state index in [1.165, 1.54) is 12.1 Å². The number of carbonyl (C=O) groups is 1. The van der Waals surface area contributed by atoms with Gasteiger partial charge in [0.05, 0.1) is 49.1 Å². The van der Waals surface area contributed by atoms with E-state index in [1.807, 2.05) is 20.8 Å². The maximum Gasteiger partial charge on any atom is 0.330 e. The molecule has 9 heteroatoms. The molecule has 0 aliphatic carbocycles. The number of esters is 1. The summed E-state index contributed by atoms with van der Waals surface area (Å²) in [5.74, 6) is -0.490. The van der Waals surface area contributed by atoms with Crippen molar-refractivity contribution in [1.29, 1.82) is 0 Å². The first kappa shape index (κ1) is 27.3. The summed E-state index contributed by atoms with van der Waals surface area (Å²) in [5.41, 5.74) is 0.967. The van der Waals surface area contributed by atoms with E-state index in [2.05, 4.69) is 6.58 Å². The molecule has 0 heterocycles. The normalized spacial score (nSPS) is 15.6. The van der Waals surface area contributed by atoms with Gasteiger partial charge in [0, 0.05) is 6.08 Å². The van der Waals surface area contributed by atoms with Gasteiger partial charge in [-0.3, -0.25) is 4.18 Å². The number of hydrogen-bond donors (Lipinski definition) is 0. The minimum Gasteiger partial charge on any atom is -0.460 e. The Hall–Kier alpha value is -1.78. The van der Waals surface area contributed by atoms with Crippen LogP contribution in [-0.2, 0) is 38.0 Å². The molecule has 0 fully saturated rings. The SMILES string of the molecule is C=CC(=O)OCC(C)OCC(C)OCC(C)OCC(C)OS(=O)(=O)c1ccc(C)cc1. The third-order valence-electron chi connectivity index (χ3n) is 4.07. The van der Waals surface area contributed by atoms with E-state index in [0.29, 0.717) is 13.2 Å². The Balaban J connectivity index is 2.26. The van der Waals surface area contributed by atoms with Gasteiger partial charge in [-0.05, 0) is 46.8 Å². The van der Waals surface area contributed by atoms with Crippen LogP contribution >= 0.6 is 0 Å². The van der Waals surface area contributed by atoms with Gasteiger partial charge in [-0.15, -0.1) is 0 Å². The van der Waals surface area contributed by atoms with Gasteiger partial charge in [-0.2, -0.15) is 8.42 Å². The fraction of sp³-hybridized carbons (Fsp3) is 0.591. The molecule has 0 radical (unpaired) electrons. The van der Waals surface area contributed by atoms with Crippen molar-refractivity contribution in [3.63, 3.8) is 0 Å². The predicted molar refractivity (Wildman–Crippen MR) is 116 cm³/mol. The van der Waals surface area contributed by atoms with Crippen molar-refractivity contribution in [3.05, 3.63) is 42.5 Å². The van der Waals surface area contributed by atoms with Crippen LogP contribution in [0.15, 0.2) is 41.8 Å². The van der Waals surface area contributed by atoms with Crippen LogP contribution in [0.5, 0.6) is 0 Å². The minimum atomic E-state index is -3.84. The van der Waals surface area contributed by atoms with Crippen molar-refractivity contribution >= 4 is 16.1 Å².